The van der Waals surface area contributed by atoms with Crippen LogP contribution < -0.4 is 0 Å². The lowest BCUT2D eigenvalue weighted by Gasteiger charge is -2.32. The Kier molecular flexibility index (Phi) is 8.12. The van der Waals surface area contributed by atoms with E-state index in [0.29, 0.717) is 6.61 Å². The Labute approximate surface area is 125 Å². The molecule has 20 heavy (non-hydrogen) atoms. The predicted molar refractivity (Wildman–Crippen MR) is 85.6 cm³/mol. The Morgan fingerprint density at radius 2 is 1.75 bits per heavy atom. The maximum Gasteiger partial charge on any atom is 0.324 e. The third-order valence-corrected chi connectivity index (χ3v) is 9.47. The van der Waals surface area contributed by atoms with Gasteiger partial charge in [0.1, 0.15) is 5.60 Å². The second-order valence-electron chi connectivity index (χ2n) is 6.74. The second-order valence-corrected chi connectivity index (χ2v) is 15.0. The Balaban J connectivity index is 4.04. The molecule has 0 fully saturated rings. The molecule has 0 aromatic heterocycles. The van der Waals surface area contributed by atoms with Gasteiger partial charge in [-0.3, -0.25) is 0 Å². The van der Waals surface area contributed by atoms with E-state index in [4.69, 9.17) is 13.3 Å². The molecule has 0 saturated heterocycles. The number of aliphatic hydroxyl groups is 2. The van der Waals surface area contributed by atoms with Crippen molar-refractivity contribution in [1.82, 2.24) is 0 Å². The van der Waals surface area contributed by atoms with Crippen molar-refractivity contribution in [2.45, 2.75) is 64.2 Å². The van der Waals surface area contributed by atoms with Gasteiger partial charge in [0.05, 0.1) is 12.7 Å². The summed E-state index contributed by atoms with van der Waals surface area (Å²) in [6.07, 6.45) is 0.0213. The van der Waals surface area contributed by atoms with Gasteiger partial charge in [0.15, 0.2) is 8.32 Å². The summed E-state index contributed by atoms with van der Waals surface area (Å²) in [7, 11) is -2.00. The molecule has 0 radical (unpaired) electrons. The van der Waals surface area contributed by atoms with E-state index in [9.17, 15) is 10.2 Å². The monoisotopic (exact) mass is 324 g/mol. The predicted octanol–water partition coefficient (Wildman–Crippen LogP) is 2.09. The van der Waals surface area contributed by atoms with Crippen LogP contribution in [-0.4, -0.2) is 59.1 Å². The van der Waals surface area contributed by atoms with Crippen LogP contribution in [0.25, 0.3) is 0 Å². The normalized spacial score (nSPS) is 20.2. The quantitative estimate of drug-likeness (QED) is 0.476. The van der Waals surface area contributed by atoms with E-state index in [1.165, 1.54) is 0 Å². The summed E-state index contributed by atoms with van der Waals surface area (Å²) in [6, 6.07) is 0.866. The number of ether oxygens (including phenoxy) is 1. The molecule has 0 aromatic carbocycles. The van der Waals surface area contributed by atoms with E-state index in [1.54, 1.807) is 21.0 Å². The molecular weight excluding hydrogens is 292 g/mol. The van der Waals surface area contributed by atoms with Crippen molar-refractivity contribution in [1.29, 1.82) is 0 Å². The summed E-state index contributed by atoms with van der Waals surface area (Å²) in [6.45, 7) is 12.3. The van der Waals surface area contributed by atoms with E-state index < -0.39 is 28.6 Å². The fourth-order valence-corrected chi connectivity index (χ4v) is 8.65. The minimum atomic E-state index is -2.11. The zero-order chi connectivity index (χ0) is 16.0. The minimum absolute atomic E-state index is 0.130. The topological polar surface area (TPSA) is 68.2 Å². The zero-order valence-corrected chi connectivity index (χ0v) is 16.0. The van der Waals surface area contributed by atoms with Gasteiger partial charge in [-0.1, -0.05) is 0 Å². The fraction of sp³-hybridized carbons (Fsp3) is 1.00. The lowest BCUT2D eigenvalue weighted by Crippen LogP contribution is -2.46. The lowest BCUT2D eigenvalue weighted by atomic mass is 10.0. The van der Waals surface area contributed by atoms with Gasteiger partial charge in [-0.2, -0.15) is 0 Å². The smallest absolute Gasteiger partial charge is 0.324 e. The summed E-state index contributed by atoms with van der Waals surface area (Å²) in [4.78, 5) is 0. The fourth-order valence-electron chi connectivity index (χ4n) is 1.74. The molecule has 0 spiro atoms. The molecule has 5 nitrogen and oxygen atoms in total. The molecule has 0 aliphatic rings. The van der Waals surface area contributed by atoms with Crippen molar-refractivity contribution in [2.75, 3.05) is 20.3 Å². The van der Waals surface area contributed by atoms with Crippen LogP contribution in [0.3, 0.4) is 0 Å². The second kappa shape index (κ2) is 8.02. The highest BCUT2D eigenvalue weighted by atomic mass is 28.4. The van der Waals surface area contributed by atoms with E-state index in [2.05, 4.69) is 26.2 Å². The number of hydrogen-bond acceptors (Lipinski definition) is 5. The number of aliphatic hydroxyl groups excluding tert-OH is 1. The van der Waals surface area contributed by atoms with Gasteiger partial charge in [-0.15, -0.1) is 0 Å². The maximum atomic E-state index is 9.84. The van der Waals surface area contributed by atoms with Crippen LogP contribution in [0.2, 0.25) is 32.2 Å². The molecule has 122 valence electrons. The summed E-state index contributed by atoms with van der Waals surface area (Å²) in [5.41, 5.74) is -1.20. The Hall–Kier alpha value is 0.234. The highest BCUT2D eigenvalue weighted by Crippen LogP contribution is 2.21. The summed E-state index contributed by atoms with van der Waals surface area (Å²) in [5, 5.41) is 19.2. The van der Waals surface area contributed by atoms with Crippen LogP contribution in [0.15, 0.2) is 0 Å². The molecular formula is C13H32O5Si2. The molecule has 0 rings (SSSR count). The maximum absolute atomic E-state index is 9.84. The van der Waals surface area contributed by atoms with Crippen molar-refractivity contribution in [3.63, 3.8) is 0 Å². The molecule has 0 heterocycles. The van der Waals surface area contributed by atoms with Crippen molar-refractivity contribution in [2.24, 2.45) is 0 Å². The van der Waals surface area contributed by atoms with Crippen molar-refractivity contribution >= 4 is 16.9 Å². The molecule has 0 bridgehead atoms. The molecule has 2 N–H and O–H groups in total. The summed E-state index contributed by atoms with van der Waals surface area (Å²) in [5.74, 6) is 0. The van der Waals surface area contributed by atoms with Gasteiger partial charge < -0.3 is 23.5 Å². The first-order valence-corrected chi connectivity index (χ1v) is 13.1. The van der Waals surface area contributed by atoms with E-state index in [0.717, 1.165) is 12.5 Å². The molecule has 0 saturated carbocycles. The number of rotatable bonds is 10. The Morgan fingerprint density at radius 3 is 2.15 bits per heavy atom. The molecule has 0 aliphatic heterocycles. The molecule has 3 unspecified atom stereocenters. The molecule has 3 atom stereocenters. The highest BCUT2D eigenvalue weighted by Gasteiger charge is 2.35. The first-order valence-electron chi connectivity index (χ1n) is 7.15. The molecule has 0 aliphatic carbocycles. The third kappa shape index (κ3) is 8.50. The first-order chi connectivity index (χ1) is 8.92. The van der Waals surface area contributed by atoms with Crippen molar-refractivity contribution in [3.05, 3.63) is 0 Å². The molecule has 7 heteroatoms. The van der Waals surface area contributed by atoms with E-state index in [-0.39, 0.29) is 6.61 Å². The summed E-state index contributed by atoms with van der Waals surface area (Å²) < 4.78 is 17.2. The average Bonchev–Trinajstić information content (AvgIpc) is 2.25. The van der Waals surface area contributed by atoms with Crippen LogP contribution in [0.4, 0.5) is 0 Å². The van der Waals surface area contributed by atoms with Crippen LogP contribution in [0, 0.1) is 0 Å². The largest absolute Gasteiger partial charge is 0.436 e. The third-order valence-electron chi connectivity index (χ3n) is 3.17. The van der Waals surface area contributed by atoms with Crippen LogP contribution >= 0.6 is 0 Å². The van der Waals surface area contributed by atoms with Gasteiger partial charge in [-0.05, 0) is 52.5 Å². The standard InChI is InChI=1S/C13H32O5Si2/c1-12(14)13(2,15)11-17-9-8-10-20(7,16-3)18-19(4,5)6/h12,14-15H,8-11H2,1-7H3. The molecule has 0 aromatic rings. The van der Waals surface area contributed by atoms with Crippen LogP contribution in [0.5, 0.6) is 0 Å². The van der Waals surface area contributed by atoms with Gasteiger partial charge in [-0.25, -0.2) is 0 Å². The van der Waals surface area contributed by atoms with Gasteiger partial charge in [0, 0.05) is 13.7 Å². The zero-order valence-electron chi connectivity index (χ0n) is 14.0. The summed E-state index contributed by atoms with van der Waals surface area (Å²) >= 11 is 0. The van der Waals surface area contributed by atoms with Crippen LogP contribution in [-0.2, 0) is 13.3 Å². The first kappa shape index (κ1) is 20.2. The van der Waals surface area contributed by atoms with Gasteiger partial charge in [0.2, 0.25) is 0 Å². The van der Waals surface area contributed by atoms with E-state index in [1.807, 2.05) is 0 Å². The SMILES string of the molecule is CO[Si](C)(CCCOCC(C)(O)C(C)O)O[Si](C)(C)C. The van der Waals surface area contributed by atoms with Gasteiger partial charge in [0.25, 0.3) is 0 Å². The Morgan fingerprint density at radius 1 is 1.20 bits per heavy atom. The minimum Gasteiger partial charge on any atom is -0.436 e. The highest BCUT2D eigenvalue weighted by molar-refractivity contribution is 6.81. The van der Waals surface area contributed by atoms with Crippen molar-refractivity contribution in [3.8, 4) is 0 Å². The van der Waals surface area contributed by atoms with E-state index >= 15 is 0 Å². The molecule has 0 amide bonds. The Bertz CT molecular complexity index is 278. The lowest BCUT2D eigenvalue weighted by molar-refractivity contribution is -0.102. The van der Waals surface area contributed by atoms with Crippen LogP contribution in [0.1, 0.15) is 20.3 Å². The number of hydrogen-bond donors (Lipinski definition) is 2. The average molecular weight is 325 g/mol. The van der Waals surface area contributed by atoms with Gasteiger partial charge >= 0.3 is 8.56 Å². The van der Waals surface area contributed by atoms with Crippen molar-refractivity contribution < 1.29 is 23.5 Å².